The van der Waals surface area contributed by atoms with Crippen molar-refractivity contribution in [3.05, 3.63) is 103 Å². The first kappa shape index (κ1) is 29.0. The minimum Gasteiger partial charge on any atom is -0.489 e. The van der Waals surface area contributed by atoms with Crippen LogP contribution in [0.15, 0.2) is 60.7 Å². The van der Waals surface area contributed by atoms with Gasteiger partial charge in [-0.05, 0) is 96.6 Å². The van der Waals surface area contributed by atoms with Crippen LogP contribution in [0.25, 0.3) is 11.3 Å². The first-order chi connectivity index (χ1) is 19.9. The molecule has 11 heteroatoms. The zero-order valence-corrected chi connectivity index (χ0v) is 24.2. The number of halogens is 5. The zero-order valence-electron chi connectivity index (χ0n) is 21.9. The van der Waals surface area contributed by atoms with Crippen molar-refractivity contribution >= 4 is 40.7 Å². The molecule has 0 radical (unpaired) electrons. The lowest BCUT2D eigenvalue weighted by atomic mass is 9.64. The van der Waals surface area contributed by atoms with Gasteiger partial charge >= 0.3 is 12.1 Å². The highest BCUT2D eigenvalue weighted by atomic mass is 35.5. The van der Waals surface area contributed by atoms with Gasteiger partial charge in [0.25, 0.3) is 0 Å². The summed E-state index contributed by atoms with van der Waals surface area (Å²) in [5.74, 6) is -1.04. The third-order valence-electron chi connectivity index (χ3n) is 7.92. The molecule has 2 aliphatic rings. The van der Waals surface area contributed by atoms with Crippen molar-refractivity contribution in [3.8, 4) is 17.0 Å². The Morgan fingerprint density at radius 1 is 1.02 bits per heavy atom. The number of alkyl halides is 3. The Hall–Kier alpha value is -3.11. The van der Waals surface area contributed by atoms with E-state index in [9.17, 15) is 28.2 Å². The highest BCUT2D eigenvalue weighted by Crippen LogP contribution is 2.54. The summed E-state index contributed by atoms with van der Waals surface area (Å²) in [5, 5.41) is 21.3. The van der Waals surface area contributed by atoms with Crippen molar-refractivity contribution in [2.24, 2.45) is 0 Å². The zero-order chi connectivity index (χ0) is 29.8. The Bertz CT molecular complexity index is 1660. The molecule has 0 saturated heterocycles. The summed E-state index contributed by atoms with van der Waals surface area (Å²) in [6, 6.07) is 15.0. The normalized spacial score (nSPS) is 20.3. The van der Waals surface area contributed by atoms with Gasteiger partial charge in [-0.15, -0.1) is 0 Å². The maximum Gasteiger partial charge on any atom is 0.416 e. The smallest absolute Gasteiger partial charge is 0.416 e. The third-order valence-corrected chi connectivity index (χ3v) is 9.60. The molecule has 1 aromatic heterocycles. The minimum absolute atomic E-state index is 0.00357. The number of carbonyl (C=O) groups is 1. The van der Waals surface area contributed by atoms with Gasteiger partial charge in [-0.1, -0.05) is 47.5 Å². The number of hydrogen-bond acceptors (Lipinski definition) is 5. The number of ether oxygens (including phenoxy) is 1. The van der Waals surface area contributed by atoms with Gasteiger partial charge < -0.3 is 14.9 Å². The number of carboxylic acid groups (broad SMARTS) is 1. The third kappa shape index (κ3) is 5.51. The average Bonchev–Trinajstić information content (AvgIpc) is 3.69. The second-order valence-electron chi connectivity index (χ2n) is 10.8. The fraction of sp³-hybridized carbons (Fsp3) is 0.290. The van der Waals surface area contributed by atoms with E-state index in [1.165, 1.54) is 35.8 Å². The molecule has 2 saturated carbocycles. The maximum absolute atomic E-state index is 14.3. The van der Waals surface area contributed by atoms with Crippen molar-refractivity contribution in [2.45, 2.75) is 55.9 Å². The molecule has 0 amide bonds. The predicted octanol–water partition coefficient (Wildman–Crippen LogP) is 9.06. The van der Waals surface area contributed by atoms with Gasteiger partial charge in [-0.2, -0.15) is 17.5 Å². The Kier molecular flexibility index (Phi) is 7.50. The molecule has 0 aliphatic heterocycles. The molecule has 2 fully saturated rings. The molecule has 2 N–H and O–H groups in total. The van der Waals surface area contributed by atoms with Crippen molar-refractivity contribution in [3.63, 3.8) is 0 Å². The minimum atomic E-state index is -4.74. The SMILES string of the molecule is O=C(O)c1cccc(C2CC(O)(c3ccc(OCc4c(-c5c(Cl)cccc5Cl)nsc4C4CC4)cc3C(F)(F)F)C2)c1. The number of carboxylic acids is 1. The van der Waals surface area contributed by atoms with Crippen LogP contribution in [-0.4, -0.2) is 20.6 Å². The summed E-state index contributed by atoms with van der Waals surface area (Å²) >= 11 is 14.2. The standard InChI is InChI=1S/C31H24Cl2F3NO4S/c32-24-5-2-6-25(33)26(24)27-21(28(42-37-27)16-7-8-16)15-41-20-9-10-22(23(12-20)31(34,35)36)30(40)13-19(14-30)17-3-1-4-18(11-17)29(38)39/h1-6,9-12,16,19,40H,7-8,13-15H2,(H,38,39). The number of aromatic carboxylic acids is 1. The second-order valence-corrected chi connectivity index (χ2v) is 12.4. The number of benzene rings is 3. The first-order valence-electron chi connectivity index (χ1n) is 13.3. The Balaban J connectivity index is 1.26. The van der Waals surface area contributed by atoms with Gasteiger partial charge in [-0.3, -0.25) is 0 Å². The Morgan fingerprint density at radius 3 is 2.36 bits per heavy atom. The van der Waals surface area contributed by atoms with Crippen LogP contribution >= 0.6 is 34.7 Å². The van der Waals surface area contributed by atoms with Crippen molar-refractivity contribution in [2.75, 3.05) is 0 Å². The molecule has 3 aromatic carbocycles. The van der Waals surface area contributed by atoms with Gasteiger partial charge in [0.1, 0.15) is 12.4 Å². The van der Waals surface area contributed by atoms with E-state index in [1.54, 1.807) is 30.3 Å². The van der Waals surface area contributed by atoms with Crippen LogP contribution in [0, 0.1) is 0 Å². The molecule has 4 aromatic rings. The summed E-state index contributed by atoms with van der Waals surface area (Å²) in [7, 11) is 0. The van der Waals surface area contributed by atoms with Crippen LogP contribution in [0.1, 0.15) is 75.0 Å². The number of hydrogen-bond donors (Lipinski definition) is 2. The molecule has 0 atom stereocenters. The molecular formula is C31H24Cl2F3NO4S. The molecule has 2 aliphatic carbocycles. The number of aromatic nitrogens is 1. The van der Waals surface area contributed by atoms with Crippen molar-refractivity contribution in [1.29, 1.82) is 0 Å². The molecule has 42 heavy (non-hydrogen) atoms. The van der Waals surface area contributed by atoms with Crippen LogP contribution in [0.4, 0.5) is 13.2 Å². The van der Waals surface area contributed by atoms with E-state index in [0.29, 0.717) is 32.8 Å². The van der Waals surface area contributed by atoms with Gasteiger partial charge in [0.05, 0.1) is 32.5 Å². The van der Waals surface area contributed by atoms with E-state index < -0.39 is 23.3 Å². The van der Waals surface area contributed by atoms with E-state index in [4.69, 9.17) is 27.9 Å². The molecule has 0 unspecified atom stereocenters. The molecule has 5 nitrogen and oxygen atoms in total. The molecule has 1 heterocycles. The molecular weight excluding hydrogens is 610 g/mol. The van der Waals surface area contributed by atoms with Gasteiger partial charge in [0.2, 0.25) is 0 Å². The van der Waals surface area contributed by atoms with E-state index in [2.05, 4.69) is 4.37 Å². The van der Waals surface area contributed by atoms with Crippen molar-refractivity contribution < 1.29 is 32.9 Å². The lowest BCUT2D eigenvalue weighted by molar-refractivity contribution is -0.143. The lowest BCUT2D eigenvalue weighted by Crippen LogP contribution is -2.41. The first-order valence-corrected chi connectivity index (χ1v) is 14.8. The van der Waals surface area contributed by atoms with Crippen molar-refractivity contribution in [1.82, 2.24) is 4.37 Å². The number of nitrogens with zero attached hydrogens (tertiary/aromatic N) is 1. The van der Waals surface area contributed by atoms with Crippen LogP contribution in [-0.2, 0) is 18.4 Å². The highest BCUT2D eigenvalue weighted by molar-refractivity contribution is 7.06. The summed E-state index contributed by atoms with van der Waals surface area (Å²) in [6.07, 6.45) is -2.67. The topological polar surface area (TPSA) is 79.7 Å². The largest absolute Gasteiger partial charge is 0.489 e. The van der Waals surface area contributed by atoms with Crippen LogP contribution in [0.5, 0.6) is 5.75 Å². The molecule has 218 valence electrons. The van der Waals surface area contributed by atoms with Crippen LogP contribution in [0.2, 0.25) is 10.0 Å². The predicted molar refractivity (Wildman–Crippen MR) is 155 cm³/mol. The second kappa shape index (κ2) is 10.9. The summed E-state index contributed by atoms with van der Waals surface area (Å²) in [5.41, 5.74) is -0.287. The van der Waals surface area contributed by atoms with Crippen LogP contribution < -0.4 is 4.74 Å². The molecule has 0 spiro atoms. The Labute approximate surface area is 253 Å². The fourth-order valence-corrected chi connectivity index (χ4v) is 7.21. The summed E-state index contributed by atoms with van der Waals surface area (Å²) < 4.78 is 53.4. The Morgan fingerprint density at radius 2 is 1.71 bits per heavy atom. The highest BCUT2D eigenvalue weighted by Gasteiger charge is 2.49. The molecule has 6 rings (SSSR count). The van der Waals surface area contributed by atoms with E-state index in [1.807, 2.05) is 0 Å². The maximum atomic E-state index is 14.3. The van der Waals surface area contributed by atoms with Gasteiger partial charge in [-0.25, -0.2) is 4.79 Å². The monoisotopic (exact) mass is 633 g/mol. The lowest BCUT2D eigenvalue weighted by Gasteiger charge is -2.45. The fourth-order valence-electron chi connectivity index (χ4n) is 5.59. The quantitative estimate of drug-likeness (QED) is 0.202. The van der Waals surface area contributed by atoms with Gasteiger partial charge in [0.15, 0.2) is 0 Å². The van der Waals surface area contributed by atoms with Crippen LogP contribution in [0.3, 0.4) is 0 Å². The summed E-state index contributed by atoms with van der Waals surface area (Å²) in [6.45, 7) is -0.0257. The number of rotatable bonds is 8. The van der Waals surface area contributed by atoms with E-state index >= 15 is 0 Å². The van der Waals surface area contributed by atoms with Gasteiger partial charge in [0, 0.05) is 16.0 Å². The van der Waals surface area contributed by atoms with E-state index in [-0.39, 0.29) is 42.2 Å². The summed E-state index contributed by atoms with van der Waals surface area (Å²) in [4.78, 5) is 12.3. The average molecular weight is 635 g/mol. The molecule has 0 bridgehead atoms. The van der Waals surface area contributed by atoms with E-state index in [0.717, 1.165) is 29.3 Å². The number of aliphatic hydroxyl groups is 1.